The molecule has 3 aromatic rings. The van der Waals surface area contributed by atoms with Crippen LogP contribution in [0.1, 0.15) is 5.89 Å². The van der Waals surface area contributed by atoms with Crippen molar-refractivity contribution < 1.29 is 13.5 Å². The second-order valence-electron chi connectivity index (χ2n) is 5.85. The summed E-state index contributed by atoms with van der Waals surface area (Å²) in [5, 5.41) is 10.6. The molecule has 0 aliphatic carbocycles. The van der Waals surface area contributed by atoms with Crippen LogP contribution in [0.3, 0.4) is 0 Å². The Bertz CT molecular complexity index is 1020. The normalized spacial score (nSPS) is 12.9. The molecule has 0 unspecified atom stereocenters. The minimum atomic E-state index is -0.305. The maximum absolute atomic E-state index is 12.9. The van der Waals surface area contributed by atoms with E-state index in [1.54, 1.807) is 12.1 Å². The first-order chi connectivity index (χ1) is 13.3. The third-order valence-corrected chi connectivity index (χ3v) is 4.71. The van der Waals surface area contributed by atoms with E-state index in [0.29, 0.717) is 23.5 Å². The number of para-hydroxylation sites is 1. The highest BCUT2D eigenvalue weighted by molar-refractivity contribution is 7.99. The molecule has 0 spiro atoms. The van der Waals surface area contributed by atoms with Gasteiger partial charge in [-0.2, -0.15) is 0 Å². The lowest BCUT2D eigenvalue weighted by atomic mass is 10.3. The zero-order chi connectivity index (χ0) is 18.5. The van der Waals surface area contributed by atoms with E-state index in [-0.39, 0.29) is 12.4 Å². The molecular weight excluding hydrogens is 367 g/mol. The van der Waals surface area contributed by atoms with Crippen LogP contribution >= 0.6 is 11.8 Å². The van der Waals surface area contributed by atoms with Crippen LogP contribution < -0.4 is 15.3 Å². The lowest BCUT2D eigenvalue weighted by molar-refractivity contribution is 0.252. The number of thioether (sulfide) groups is 1. The number of nitrogens with zero attached hydrogens (tertiary/aromatic N) is 4. The van der Waals surface area contributed by atoms with E-state index < -0.39 is 0 Å². The predicted octanol–water partition coefficient (Wildman–Crippen LogP) is 2.21. The molecule has 2 heterocycles. The first-order valence-corrected chi connectivity index (χ1v) is 9.44. The van der Waals surface area contributed by atoms with E-state index in [9.17, 15) is 4.39 Å². The third-order valence-electron chi connectivity index (χ3n) is 3.91. The SMILES string of the molecule is Fc1ccc(OCc2nnc(SCCN3C=c4ccccc4=NC3)o2)cc1. The van der Waals surface area contributed by atoms with Crippen molar-refractivity contribution in [1.82, 2.24) is 15.1 Å². The molecule has 0 fully saturated rings. The molecule has 0 saturated carbocycles. The lowest BCUT2D eigenvalue weighted by Crippen LogP contribution is -2.36. The van der Waals surface area contributed by atoms with Gasteiger partial charge < -0.3 is 14.1 Å². The Morgan fingerprint density at radius 1 is 1.11 bits per heavy atom. The standard InChI is InChI=1S/C19H17FN4O2S/c20-15-5-7-16(8-6-15)25-12-18-22-23-19(26-18)27-10-9-24-11-14-3-1-2-4-17(14)21-13-24/h1-8,11H,9-10,12-13H2. The summed E-state index contributed by atoms with van der Waals surface area (Å²) in [6.07, 6.45) is 2.12. The molecule has 0 N–H and O–H groups in total. The first kappa shape index (κ1) is 17.5. The van der Waals surface area contributed by atoms with Crippen LogP contribution in [0.15, 0.2) is 63.2 Å². The Kier molecular flexibility index (Phi) is 5.34. The Labute approximate surface area is 159 Å². The maximum atomic E-state index is 12.9. The van der Waals surface area contributed by atoms with Crippen molar-refractivity contribution in [2.45, 2.75) is 11.8 Å². The summed E-state index contributed by atoms with van der Waals surface area (Å²) in [5.41, 5.74) is 0. The lowest BCUT2D eigenvalue weighted by Gasteiger charge is -2.19. The molecule has 0 bridgehead atoms. The van der Waals surface area contributed by atoms with Crippen molar-refractivity contribution in [3.8, 4) is 5.75 Å². The molecule has 0 amide bonds. The monoisotopic (exact) mass is 384 g/mol. The molecule has 6 nitrogen and oxygen atoms in total. The van der Waals surface area contributed by atoms with Gasteiger partial charge in [-0.25, -0.2) is 4.39 Å². The highest BCUT2D eigenvalue weighted by atomic mass is 32.2. The van der Waals surface area contributed by atoms with Gasteiger partial charge in [0, 0.05) is 23.7 Å². The van der Waals surface area contributed by atoms with Crippen molar-refractivity contribution in [2.24, 2.45) is 4.99 Å². The number of fused-ring (bicyclic) bond motifs is 1. The van der Waals surface area contributed by atoms with Crippen LogP contribution in [0, 0.1) is 5.82 Å². The van der Waals surface area contributed by atoms with Crippen molar-refractivity contribution in [3.05, 3.63) is 70.8 Å². The molecule has 0 saturated heterocycles. The largest absolute Gasteiger partial charge is 0.484 e. The molecule has 27 heavy (non-hydrogen) atoms. The molecular formula is C19H17FN4O2S. The van der Waals surface area contributed by atoms with Crippen LogP contribution in [0.4, 0.5) is 4.39 Å². The molecule has 0 atom stereocenters. The van der Waals surface area contributed by atoms with Gasteiger partial charge in [0.1, 0.15) is 18.2 Å². The van der Waals surface area contributed by atoms with Crippen LogP contribution in [0.5, 0.6) is 5.75 Å². The molecule has 2 aromatic carbocycles. The molecule has 8 heteroatoms. The summed E-state index contributed by atoms with van der Waals surface area (Å²) in [5.74, 6) is 1.43. The molecule has 1 aliphatic rings. The van der Waals surface area contributed by atoms with Crippen molar-refractivity contribution >= 4 is 18.0 Å². The summed E-state index contributed by atoms with van der Waals surface area (Å²) in [6.45, 7) is 1.62. The number of rotatable bonds is 7. The predicted molar refractivity (Wildman–Crippen MR) is 99.0 cm³/mol. The number of halogens is 1. The number of hydrogen-bond acceptors (Lipinski definition) is 7. The van der Waals surface area contributed by atoms with Gasteiger partial charge in [-0.05, 0) is 30.3 Å². The smallest absolute Gasteiger partial charge is 0.276 e. The van der Waals surface area contributed by atoms with Gasteiger partial charge in [0.2, 0.25) is 0 Å². The third kappa shape index (κ3) is 4.65. The average molecular weight is 384 g/mol. The zero-order valence-electron chi connectivity index (χ0n) is 14.4. The van der Waals surface area contributed by atoms with Crippen LogP contribution in [0.2, 0.25) is 0 Å². The van der Waals surface area contributed by atoms with Crippen molar-refractivity contribution in [3.63, 3.8) is 0 Å². The van der Waals surface area contributed by atoms with Gasteiger partial charge in [-0.1, -0.05) is 30.0 Å². The van der Waals surface area contributed by atoms with Gasteiger partial charge in [0.25, 0.3) is 11.1 Å². The summed E-state index contributed by atoms with van der Waals surface area (Å²) in [6, 6.07) is 13.9. The van der Waals surface area contributed by atoms with E-state index in [1.165, 1.54) is 23.9 Å². The number of ether oxygens (including phenoxy) is 1. The van der Waals surface area contributed by atoms with Gasteiger partial charge in [-0.3, -0.25) is 4.99 Å². The number of benzene rings is 2. The van der Waals surface area contributed by atoms with Crippen LogP contribution in [-0.2, 0) is 6.61 Å². The minimum Gasteiger partial charge on any atom is -0.484 e. The van der Waals surface area contributed by atoms with Gasteiger partial charge in [-0.15, -0.1) is 10.2 Å². The Hall–Kier alpha value is -2.87. The van der Waals surface area contributed by atoms with E-state index in [1.807, 2.05) is 18.2 Å². The maximum Gasteiger partial charge on any atom is 0.276 e. The summed E-state index contributed by atoms with van der Waals surface area (Å²) < 4.78 is 23.9. The molecule has 1 aromatic heterocycles. The molecule has 138 valence electrons. The zero-order valence-corrected chi connectivity index (χ0v) is 15.2. The molecule has 4 rings (SSSR count). The Morgan fingerprint density at radius 2 is 1.96 bits per heavy atom. The fourth-order valence-electron chi connectivity index (χ4n) is 2.56. The van der Waals surface area contributed by atoms with E-state index in [0.717, 1.165) is 22.9 Å². The van der Waals surface area contributed by atoms with Crippen molar-refractivity contribution in [2.75, 3.05) is 19.0 Å². The summed E-state index contributed by atoms with van der Waals surface area (Å²) >= 11 is 1.49. The highest BCUT2D eigenvalue weighted by Gasteiger charge is 2.09. The Morgan fingerprint density at radius 3 is 2.85 bits per heavy atom. The summed E-state index contributed by atoms with van der Waals surface area (Å²) in [7, 11) is 0. The van der Waals surface area contributed by atoms with Crippen LogP contribution in [0.25, 0.3) is 6.20 Å². The molecule has 1 aliphatic heterocycles. The van der Waals surface area contributed by atoms with Gasteiger partial charge >= 0.3 is 0 Å². The van der Waals surface area contributed by atoms with Crippen molar-refractivity contribution in [1.29, 1.82) is 0 Å². The minimum absolute atomic E-state index is 0.148. The van der Waals surface area contributed by atoms with Crippen LogP contribution in [-0.4, -0.2) is 34.1 Å². The number of hydrogen-bond donors (Lipinski definition) is 0. The second kappa shape index (κ2) is 8.22. The highest BCUT2D eigenvalue weighted by Crippen LogP contribution is 2.18. The first-order valence-electron chi connectivity index (χ1n) is 8.45. The topological polar surface area (TPSA) is 63.8 Å². The average Bonchev–Trinajstić information content (AvgIpc) is 3.15. The fraction of sp³-hybridized carbons (Fsp3) is 0.211. The van der Waals surface area contributed by atoms with E-state index in [4.69, 9.17) is 9.15 Å². The quantitative estimate of drug-likeness (QED) is 0.582. The van der Waals surface area contributed by atoms with Gasteiger partial charge in [0.05, 0.1) is 5.36 Å². The number of aromatic nitrogens is 2. The molecule has 0 radical (unpaired) electrons. The Balaban J connectivity index is 1.25. The summed E-state index contributed by atoms with van der Waals surface area (Å²) in [4.78, 5) is 6.71. The second-order valence-corrected chi connectivity index (χ2v) is 6.90. The fourth-order valence-corrected chi connectivity index (χ4v) is 3.32. The van der Waals surface area contributed by atoms with E-state index in [2.05, 4.69) is 32.4 Å². The van der Waals surface area contributed by atoms with E-state index >= 15 is 0 Å². The van der Waals surface area contributed by atoms with Gasteiger partial charge in [0.15, 0.2) is 6.61 Å².